The highest BCUT2D eigenvalue weighted by Gasteiger charge is 2.11. The van der Waals surface area contributed by atoms with Crippen LogP contribution in [0.15, 0.2) is 34.3 Å². The largest absolute Gasteiger partial charge is 0.465 e. The number of nitrogens with two attached hydrogens (primary N) is 1. The first-order valence-electron chi connectivity index (χ1n) is 5.97. The van der Waals surface area contributed by atoms with E-state index in [1.165, 1.54) is 18.9 Å². The monoisotopic (exact) mass is 289 g/mol. The fourth-order valence-corrected chi connectivity index (χ4v) is 2.65. The van der Waals surface area contributed by atoms with E-state index >= 15 is 0 Å². The van der Waals surface area contributed by atoms with Gasteiger partial charge in [-0.05, 0) is 49.9 Å². The van der Waals surface area contributed by atoms with Crippen LogP contribution in [-0.2, 0) is 4.74 Å². The number of anilines is 1. The van der Waals surface area contributed by atoms with Crippen LogP contribution in [0.25, 0.3) is 0 Å². The molecule has 1 aromatic heterocycles. The molecule has 0 saturated heterocycles. The summed E-state index contributed by atoms with van der Waals surface area (Å²) in [6.07, 6.45) is 0. The molecule has 1 heterocycles. The van der Waals surface area contributed by atoms with Crippen molar-refractivity contribution in [1.29, 1.82) is 0 Å². The van der Waals surface area contributed by atoms with Gasteiger partial charge in [-0.25, -0.2) is 14.8 Å². The average molecular weight is 289 g/mol. The van der Waals surface area contributed by atoms with Crippen molar-refractivity contribution in [1.82, 2.24) is 9.97 Å². The summed E-state index contributed by atoms with van der Waals surface area (Å²) in [6.45, 7) is 3.82. The van der Waals surface area contributed by atoms with Crippen molar-refractivity contribution >= 4 is 23.4 Å². The maximum absolute atomic E-state index is 11.5. The van der Waals surface area contributed by atoms with E-state index in [-0.39, 0.29) is 0 Å². The van der Waals surface area contributed by atoms with Crippen LogP contribution >= 0.6 is 11.8 Å². The number of esters is 1. The molecule has 0 amide bonds. The maximum atomic E-state index is 11.5. The second kappa shape index (κ2) is 5.92. The van der Waals surface area contributed by atoms with Gasteiger partial charge in [0.15, 0.2) is 5.16 Å². The fourth-order valence-electron chi connectivity index (χ4n) is 1.71. The molecule has 2 N–H and O–H groups in total. The summed E-state index contributed by atoms with van der Waals surface area (Å²) in [7, 11) is 1.35. The zero-order valence-electron chi connectivity index (χ0n) is 11.5. The first kappa shape index (κ1) is 14.3. The van der Waals surface area contributed by atoms with Crippen molar-refractivity contribution in [3.8, 4) is 0 Å². The third-order valence-corrected chi connectivity index (χ3v) is 3.54. The van der Waals surface area contributed by atoms with E-state index in [2.05, 4.69) is 9.97 Å². The van der Waals surface area contributed by atoms with E-state index in [0.29, 0.717) is 16.4 Å². The van der Waals surface area contributed by atoms with Gasteiger partial charge in [0, 0.05) is 22.0 Å². The molecule has 0 unspecified atom stereocenters. The van der Waals surface area contributed by atoms with Crippen molar-refractivity contribution in [3.63, 3.8) is 0 Å². The summed E-state index contributed by atoms with van der Waals surface area (Å²) >= 11 is 1.33. The van der Waals surface area contributed by atoms with Gasteiger partial charge >= 0.3 is 5.97 Å². The van der Waals surface area contributed by atoms with Gasteiger partial charge in [0.05, 0.1) is 12.7 Å². The molecule has 0 aliphatic rings. The number of rotatable bonds is 3. The minimum atomic E-state index is -0.395. The van der Waals surface area contributed by atoms with Crippen LogP contribution in [-0.4, -0.2) is 23.0 Å². The SMILES string of the molecule is COC(=O)c1ccc(N)c(Sc2nc(C)cc(C)n2)c1. The molecule has 20 heavy (non-hydrogen) atoms. The minimum absolute atomic E-state index is 0.395. The normalized spacial score (nSPS) is 10.3. The van der Waals surface area contributed by atoms with E-state index in [9.17, 15) is 4.79 Å². The van der Waals surface area contributed by atoms with Crippen LogP contribution in [0.2, 0.25) is 0 Å². The lowest BCUT2D eigenvalue weighted by Crippen LogP contribution is -2.02. The molecule has 0 radical (unpaired) electrons. The molecule has 2 rings (SSSR count). The summed E-state index contributed by atoms with van der Waals surface area (Å²) in [5, 5.41) is 0.608. The minimum Gasteiger partial charge on any atom is -0.465 e. The van der Waals surface area contributed by atoms with E-state index in [1.54, 1.807) is 18.2 Å². The Bertz CT molecular complexity index is 639. The molecule has 0 atom stereocenters. The fraction of sp³-hybridized carbons (Fsp3) is 0.214. The number of aryl methyl sites for hydroxylation is 2. The van der Waals surface area contributed by atoms with E-state index < -0.39 is 5.97 Å². The highest BCUT2D eigenvalue weighted by atomic mass is 32.2. The van der Waals surface area contributed by atoms with Gasteiger partial charge in [-0.1, -0.05) is 0 Å². The molecule has 6 heteroatoms. The zero-order chi connectivity index (χ0) is 14.7. The summed E-state index contributed by atoms with van der Waals surface area (Å²) < 4.78 is 4.70. The van der Waals surface area contributed by atoms with Crippen LogP contribution in [0.3, 0.4) is 0 Å². The van der Waals surface area contributed by atoms with Crippen molar-refractivity contribution in [2.24, 2.45) is 0 Å². The molecular formula is C14H15N3O2S. The standard InChI is InChI=1S/C14H15N3O2S/c1-8-6-9(2)17-14(16-8)20-12-7-10(13(18)19-3)4-5-11(12)15/h4-7H,15H2,1-3H3. The molecule has 104 valence electrons. The Balaban J connectivity index is 2.34. The van der Waals surface area contributed by atoms with E-state index in [4.69, 9.17) is 10.5 Å². The highest BCUT2D eigenvalue weighted by Crippen LogP contribution is 2.31. The number of nitrogen functional groups attached to an aromatic ring is 1. The Hall–Kier alpha value is -2.08. The molecule has 0 fully saturated rings. The first-order valence-corrected chi connectivity index (χ1v) is 6.79. The number of carbonyl (C=O) groups excluding carboxylic acids is 1. The Labute approximate surface area is 121 Å². The van der Waals surface area contributed by atoms with Gasteiger partial charge in [-0.3, -0.25) is 0 Å². The number of methoxy groups -OCH3 is 1. The number of nitrogens with zero attached hydrogens (tertiary/aromatic N) is 2. The van der Waals surface area contributed by atoms with Crippen molar-refractivity contribution in [2.75, 3.05) is 12.8 Å². The summed E-state index contributed by atoms with van der Waals surface area (Å²) in [5.74, 6) is -0.395. The summed E-state index contributed by atoms with van der Waals surface area (Å²) in [5.41, 5.74) is 8.74. The lowest BCUT2D eigenvalue weighted by atomic mass is 10.2. The van der Waals surface area contributed by atoms with Gasteiger partial charge < -0.3 is 10.5 Å². The molecule has 0 aliphatic carbocycles. The van der Waals surface area contributed by atoms with Crippen molar-refractivity contribution < 1.29 is 9.53 Å². The van der Waals surface area contributed by atoms with Gasteiger partial charge in [0.2, 0.25) is 0 Å². The van der Waals surface area contributed by atoms with E-state index in [0.717, 1.165) is 16.3 Å². The molecule has 0 spiro atoms. The quantitative estimate of drug-likeness (QED) is 0.531. The van der Waals surface area contributed by atoms with Gasteiger partial charge in [-0.15, -0.1) is 0 Å². The molecule has 2 aromatic rings. The van der Waals surface area contributed by atoms with Crippen molar-refractivity contribution in [2.45, 2.75) is 23.9 Å². The van der Waals surface area contributed by atoms with Crippen LogP contribution in [0.4, 0.5) is 5.69 Å². The van der Waals surface area contributed by atoms with Crippen LogP contribution < -0.4 is 5.73 Å². The molecule has 1 aromatic carbocycles. The second-order valence-corrected chi connectivity index (χ2v) is 5.29. The van der Waals surface area contributed by atoms with Crippen LogP contribution in [0.5, 0.6) is 0 Å². The number of hydrogen-bond acceptors (Lipinski definition) is 6. The lowest BCUT2D eigenvalue weighted by molar-refractivity contribution is 0.0600. The lowest BCUT2D eigenvalue weighted by Gasteiger charge is -2.07. The summed E-state index contributed by atoms with van der Waals surface area (Å²) in [4.78, 5) is 21.0. The second-order valence-electron chi connectivity index (χ2n) is 4.28. The van der Waals surface area contributed by atoms with Gasteiger partial charge in [0.1, 0.15) is 0 Å². The van der Waals surface area contributed by atoms with Crippen molar-refractivity contribution in [3.05, 3.63) is 41.2 Å². The molecule has 0 bridgehead atoms. The molecule has 0 saturated carbocycles. The smallest absolute Gasteiger partial charge is 0.337 e. The Morgan fingerprint density at radius 2 is 1.85 bits per heavy atom. The number of hydrogen-bond donors (Lipinski definition) is 1. The number of carbonyl (C=O) groups is 1. The topological polar surface area (TPSA) is 78.1 Å². The predicted octanol–water partition coefficient (Wildman–Crippen LogP) is 2.61. The zero-order valence-corrected chi connectivity index (χ0v) is 12.3. The van der Waals surface area contributed by atoms with Crippen LogP contribution in [0.1, 0.15) is 21.7 Å². The van der Waals surface area contributed by atoms with E-state index in [1.807, 2.05) is 19.9 Å². The third-order valence-electron chi connectivity index (χ3n) is 2.60. The van der Waals surface area contributed by atoms with Gasteiger partial charge in [0.25, 0.3) is 0 Å². The van der Waals surface area contributed by atoms with Crippen LogP contribution in [0, 0.1) is 13.8 Å². The maximum Gasteiger partial charge on any atom is 0.337 e. The highest BCUT2D eigenvalue weighted by molar-refractivity contribution is 7.99. The molecule has 0 aliphatic heterocycles. The number of ether oxygens (including phenoxy) is 1. The Morgan fingerprint density at radius 3 is 2.45 bits per heavy atom. The molecular weight excluding hydrogens is 274 g/mol. The predicted molar refractivity (Wildman–Crippen MR) is 77.8 cm³/mol. The Morgan fingerprint density at radius 1 is 1.20 bits per heavy atom. The first-order chi connectivity index (χ1) is 9.49. The summed E-state index contributed by atoms with van der Waals surface area (Å²) in [6, 6.07) is 6.90. The average Bonchev–Trinajstić information content (AvgIpc) is 2.39. The van der Waals surface area contributed by atoms with Gasteiger partial charge in [-0.2, -0.15) is 0 Å². The third kappa shape index (κ3) is 3.27. The number of benzene rings is 1. The molecule has 5 nitrogen and oxygen atoms in total. The number of aromatic nitrogens is 2. The Kier molecular flexibility index (Phi) is 4.24.